The third kappa shape index (κ3) is 2.29. The van der Waals surface area contributed by atoms with Crippen LogP contribution in [0.3, 0.4) is 0 Å². The quantitative estimate of drug-likeness (QED) is 0.855. The van der Waals surface area contributed by atoms with Crippen LogP contribution in [0.1, 0.15) is 35.2 Å². The van der Waals surface area contributed by atoms with Gasteiger partial charge in [-0.15, -0.1) is 0 Å². The highest BCUT2D eigenvalue weighted by Gasteiger charge is 2.30. The molecule has 1 fully saturated rings. The Kier molecular flexibility index (Phi) is 3.44. The minimum absolute atomic E-state index is 0.0832. The number of carbonyl (C=O) groups is 2. The molecule has 2 aliphatic heterocycles. The molecule has 1 aromatic rings. The summed E-state index contributed by atoms with van der Waals surface area (Å²) in [7, 11) is 0. The van der Waals surface area contributed by atoms with Crippen LogP contribution >= 0.6 is 0 Å². The van der Waals surface area contributed by atoms with Crippen molar-refractivity contribution in [1.29, 1.82) is 0 Å². The number of nitrogens with one attached hydrogen (secondary N) is 1. The molecule has 5 nitrogen and oxygen atoms in total. The maximum atomic E-state index is 12.5. The fourth-order valence-corrected chi connectivity index (χ4v) is 3.04. The molecule has 0 radical (unpaired) electrons. The van der Waals surface area contributed by atoms with Gasteiger partial charge in [-0.3, -0.25) is 4.79 Å². The van der Waals surface area contributed by atoms with Crippen molar-refractivity contribution in [3.05, 3.63) is 29.3 Å². The molecule has 1 amide bonds. The van der Waals surface area contributed by atoms with Gasteiger partial charge >= 0.3 is 5.97 Å². The number of aromatic carboxylic acids is 1. The first-order valence-electron chi connectivity index (χ1n) is 7.08. The summed E-state index contributed by atoms with van der Waals surface area (Å²) >= 11 is 0. The van der Waals surface area contributed by atoms with Gasteiger partial charge < -0.3 is 15.3 Å². The Morgan fingerprint density at radius 1 is 1.30 bits per heavy atom. The summed E-state index contributed by atoms with van der Waals surface area (Å²) in [5.74, 6) is -0.805. The van der Waals surface area contributed by atoms with E-state index >= 15 is 0 Å². The van der Waals surface area contributed by atoms with Crippen LogP contribution < -0.4 is 10.2 Å². The lowest BCUT2D eigenvalue weighted by Crippen LogP contribution is -2.45. The predicted molar refractivity (Wildman–Crippen MR) is 75.1 cm³/mol. The van der Waals surface area contributed by atoms with Crippen LogP contribution in [0, 0.1) is 0 Å². The molecule has 1 saturated heterocycles. The van der Waals surface area contributed by atoms with Gasteiger partial charge in [0.25, 0.3) is 0 Å². The summed E-state index contributed by atoms with van der Waals surface area (Å²) in [6.45, 7) is 1.62. The average molecular weight is 274 g/mol. The van der Waals surface area contributed by atoms with Crippen LogP contribution in [0.5, 0.6) is 0 Å². The first-order chi connectivity index (χ1) is 9.66. The normalized spacial score (nSPS) is 21.6. The third-order valence-electron chi connectivity index (χ3n) is 4.07. The van der Waals surface area contributed by atoms with E-state index in [-0.39, 0.29) is 17.5 Å². The number of anilines is 1. The van der Waals surface area contributed by atoms with E-state index in [1.807, 2.05) is 4.90 Å². The highest BCUT2D eigenvalue weighted by Crippen LogP contribution is 2.29. The number of fused-ring (bicyclic) bond motifs is 1. The van der Waals surface area contributed by atoms with Gasteiger partial charge in [-0.25, -0.2) is 4.79 Å². The van der Waals surface area contributed by atoms with E-state index in [1.165, 1.54) is 0 Å². The first kappa shape index (κ1) is 13.1. The van der Waals surface area contributed by atoms with Gasteiger partial charge in [0.05, 0.1) is 11.6 Å². The number of carboxylic acids is 1. The lowest BCUT2D eigenvalue weighted by Gasteiger charge is -2.31. The van der Waals surface area contributed by atoms with Crippen molar-refractivity contribution in [2.24, 2.45) is 0 Å². The van der Waals surface area contributed by atoms with E-state index in [0.717, 1.165) is 50.0 Å². The second kappa shape index (κ2) is 5.25. The lowest BCUT2D eigenvalue weighted by molar-refractivity contribution is -0.120. The van der Waals surface area contributed by atoms with Crippen LogP contribution in [0.4, 0.5) is 5.69 Å². The highest BCUT2D eigenvalue weighted by atomic mass is 16.4. The van der Waals surface area contributed by atoms with E-state index in [4.69, 9.17) is 5.11 Å². The number of nitrogens with zero attached hydrogens (tertiary/aromatic N) is 1. The van der Waals surface area contributed by atoms with Crippen molar-refractivity contribution in [3.63, 3.8) is 0 Å². The zero-order chi connectivity index (χ0) is 14.1. The van der Waals surface area contributed by atoms with Crippen molar-refractivity contribution in [2.75, 3.05) is 18.0 Å². The van der Waals surface area contributed by atoms with Crippen molar-refractivity contribution < 1.29 is 14.7 Å². The van der Waals surface area contributed by atoms with Crippen LogP contribution in [-0.4, -0.2) is 36.1 Å². The number of carboxylic acid groups (broad SMARTS) is 1. The molecule has 0 aliphatic carbocycles. The average Bonchev–Trinajstić information content (AvgIpc) is 2.99. The molecule has 0 unspecified atom stereocenters. The number of carbonyl (C=O) groups excluding carboxylic acids is 1. The number of amides is 1. The molecule has 0 bridgehead atoms. The molecular formula is C15H18N2O3. The monoisotopic (exact) mass is 274 g/mol. The highest BCUT2D eigenvalue weighted by molar-refractivity contribution is 5.99. The Balaban J connectivity index is 1.89. The summed E-state index contributed by atoms with van der Waals surface area (Å²) in [4.78, 5) is 25.4. The Morgan fingerprint density at radius 3 is 2.85 bits per heavy atom. The SMILES string of the molecule is O=C(O)c1ccc2c(c1)CCCN2C(=O)[C@@H]1CCCN1. The zero-order valence-electron chi connectivity index (χ0n) is 11.3. The molecule has 5 heteroatoms. The Morgan fingerprint density at radius 2 is 2.15 bits per heavy atom. The molecule has 0 saturated carbocycles. The Bertz CT molecular complexity index is 550. The fraction of sp³-hybridized carbons (Fsp3) is 0.467. The van der Waals surface area contributed by atoms with Crippen LogP contribution in [0.2, 0.25) is 0 Å². The summed E-state index contributed by atoms with van der Waals surface area (Å²) in [6, 6.07) is 4.96. The van der Waals surface area contributed by atoms with E-state index in [2.05, 4.69) is 5.32 Å². The predicted octanol–water partition coefficient (Wildman–Crippen LogP) is 1.42. The topological polar surface area (TPSA) is 69.6 Å². The molecule has 106 valence electrons. The van der Waals surface area contributed by atoms with Crippen LogP contribution in [0.25, 0.3) is 0 Å². The Hall–Kier alpha value is -1.88. The second-order valence-corrected chi connectivity index (χ2v) is 5.39. The first-order valence-corrected chi connectivity index (χ1v) is 7.08. The van der Waals surface area contributed by atoms with Crippen molar-refractivity contribution in [2.45, 2.75) is 31.7 Å². The minimum Gasteiger partial charge on any atom is -0.478 e. The van der Waals surface area contributed by atoms with Gasteiger partial charge in [0.1, 0.15) is 0 Å². The van der Waals surface area contributed by atoms with Gasteiger partial charge in [-0.1, -0.05) is 0 Å². The summed E-state index contributed by atoms with van der Waals surface area (Å²) in [6.07, 6.45) is 3.64. The number of rotatable bonds is 2. The molecule has 2 aliphatic rings. The van der Waals surface area contributed by atoms with Crippen molar-refractivity contribution in [1.82, 2.24) is 5.32 Å². The van der Waals surface area contributed by atoms with E-state index in [9.17, 15) is 9.59 Å². The molecule has 2 N–H and O–H groups in total. The molecule has 0 spiro atoms. The van der Waals surface area contributed by atoms with Gasteiger partial charge in [0.2, 0.25) is 5.91 Å². The van der Waals surface area contributed by atoms with Gasteiger partial charge in [0.15, 0.2) is 0 Å². The van der Waals surface area contributed by atoms with Crippen LogP contribution in [0.15, 0.2) is 18.2 Å². The summed E-state index contributed by atoms with van der Waals surface area (Å²) < 4.78 is 0. The molecule has 1 atom stereocenters. The summed E-state index contributed by atoms with van der Waals surface area (Å²) in [5, 5.41) is 12.3. The molecular weight excluding hydrogens is 256 g/mol. The maximum absolute atomic E-state index is 12.5. The third-order valence-corrected chi connectivity index (χ3v) is 4.07. The van der Waals surface area contributed by atoms with Gasteiger partial charge in [0, 0.05) is 12.2 Å². The van der Waals surface area contributed by atoms with Gasteiger partial charge in [-0.2, -0.15) is 0 Å². The smallest absolute Gasteiger partial charge is 0.335 e. The summed E-state index contributed by atoms with van der Waals surface area (Å²) in [5.41, 5.74) is 2.12. The largest absolute Gasteiger partial charge is 0.478 e. The van der Waals surface area contributed by atoms with Crippen molar-refractivity contribution in [3.8, 4) is 0 Å². The van der Waals surface area contributed by atoms with E-state index in [0.29, 0.717) is 0 Å². The number of aryl methyl sites for hydroxylation is 1. The molecule has 2 heterocycles. The Labute approximate surface area is 117 Å². The maximum Gasteiger partial charge on any atom is 0.335 e. The van der Waals surface area contributed by atoms with Gasteiger partial charge in [-0.05, 0) is 56.0 Å². The number of benzene rings is 1. The second-order valence-electron chi connectivity index (χ2n) is 5.39. The van der Waals surface area contributed by atoms with E-state index in [1.54, 1.807) is 18.2 Å². The molecule has 1 aromatic carbocycles. The van der Waals surface area contributed by atoms with E-state index < -0.39 is 5.97 Å². The molecule has 3 rings (SSSR count). The fourth-order valence-electron chi connectivity index (χ4n) is 3.04. The number of hydrogen-bond acceptors (Lipinski definition) is 3. The molecule has 20 heavy (non-hydrogen) atoms. The molecule has 0 aromatic heterocycles. The van der Waals surface area contributed by atoms with Crippen LogP contribution in [-0.2, 0) is 11.2 Å². The standard InChI is InChI=1S/C15H18N2O3/c18-14(12-4-1-7-16-12)17-8-2-3-10-9-11(15(19)20)5-6-13(10)17/h5-6,9,12,16H,1-4,7-8H2,(H,19,20)/t12-/m0/s1. The minimum atomic E-state index is -0.922. The number of hydrogen-bond donors (Lipinski definition) is 2. The lowest BCUT2D eigenvalue weighted by atomic mass is 9.98. The zero-order valence-corrected chi connectivity index (χ0v) is 11.3. The van der Waals surface area contributed by atoms with Crippen molar-refractivity contribution >= 4 is 17.6 Å².